The molecule has 0 aliphatic rings. The van der Waals surface area contributed by atoms with Crippen LogP contribution < -0.4 is 0 Å². The fraction of sp³-hybridized carbons (Fsp3) is 0.125. The zero-order valence-corrected chi connectivity index (χ0v) is 12.1. The van der Waals surface area contributed by atoms with E-state index in [0.717, 1.165) is 12.1 Å². The van der Waals surface area contributed by atoms with Crippen molar-refractivity contribution in [2.75, 3.05) is 0 Å². The number of aromatic nitrogens is 3. The van der Waals surface area contributed by atoms with Crippen LogP contribution >= 0.6 is 0 Å². The highest BCUT2D eigenvalue weighted by Crippen LogP contribution is 2.33. The summed E-state index contributed by atoms with van der Waals surface area (Å²) in [7, 11) is 0. The van der Waals surface area contributed by atoms with Crippen LogP contribution in [0.2, 0.25) is 0 Å². The van der Waals surface area contributed by atoms with Crippen molar-refractivity contribution < 1.29 is 22.0 Å². The van der Waals surface area contributed by atoms with Crippen molar-refractivity contribution >= 4 is 0 Å². The zero-order chi connectivity index (χ0) is 17.3. The molecule has 0 amide bonds. The highest BCUT2D eigenvalue weighted by atomic mass is 19.4. The summed E-state index contributed by atoms with van der Waals surface area (Å²) in [5.74, 6) is -1.76. The van der Waals surface area contributed by atoms with Crippen molar-refractivity contribution in [3.05, 3.63) is 71.9 Å². The summed E-state index contributed by atoms with van der Waals surface area (Å²) in [5, 5.41) is 0. The van der Waals surface area contributed by atoms with Gasteiger partial charge in [-0.15, -0.1) is 0 Å². The highest BCUT2D eigenvalue weighted by Gasteiger charge is 2.34. The van der Waals surface area contributed by atoms with Crippen LogP contribution in [-0.4, -0.2) is 14.5 Å². The maximum absolute atomic E-state index is 13.7. The molecule has 3 aromatic rings. The minimum Gasteiger partial charge on any atom is -0.345 e. The summed E-state index contributed by atoms with van der Waals surface area (Å²) in [4.78, 5) is 7.97. The van der Waals surface area contributed by atoms with Crippen LogP contribution in [0.4, 0.5) is 22.0 Å². The standard InChI is InChI=1S/C16H10F5N3/c17-11-3-4-24(7-11)8-12-6-15(23-9-22-12)10-1-2-13(14(18)5-10)16(19,20)21/h1-7,9H,8H2. The van der Waals surface area contributed by atoms with Gasteiger partial charge in [0.05, 0.1) is 23.5 Å². The lowest BCUT2D eigenvalue weighted by Gasteiger charge is -2.10. The molecule has 0 saturated heterocycles. The van der Waals surface area contributed by atoms with Gasteiger partial charge in [0, 0.05) is 18.0 Å². The summed E-state index contributed by atoms with van der Waals surface area (Å²) < 4.78 is 66.0. The van der Waals surface area contributed by atoms with Gasteiger partial charge in [-0.05, 0) is 24.3 Å². The normalized spacial score (nSPS) is 11.7. The third-order valence-corrected chi connectivity index (χ3v) is 3.35. The molecule has 2 aromatic heterocycles. The van der Waals surface area contributed by atoms with E-state index in [1.165, 1.54) is 30.9 Å². The van der Waals surface area contributed by atoms with E-state index in [-0.39, 0.29) is 17.8 Å². The second kappa shape index (κ2) is 6.03. The lowest BCUT2D eigenvalue weighted by Crippen LogP contribution is -2.08. The number of nitrogens with zero attached hydrogens (tertiary/aromatic N) is 3. The SMILES string of the molecule is Fc1ccn(Cc2cc(-c3ccc(C(F)(F)F)c(F)c3)ncn2)c1. The Morgan fingerprint density at radius 1 is 1.00 bits per heavy atom. The molecule has 0 fully saturated rings. The molecular weight excluding hydrogens is 329 g/mol. The first kappa shape index (κ1) is 16.1. The third kappa shape index (κ3) is 3.42. The fourth-order valence-corrected chi connectivity index (χ4v) is 2.24. The van der Waals surface area contributed by atoms with Gasteiger partial charge < -0.3 is 4.57 Å². The van der Waals surface area contributed by atoms with E-state index in [1.54, 1.807) is 4.57 Å². The maximum atomic E-state index is 13.7. The highest BCUT2D eigenvalue weighted by molar-refractivity contribution is 5.60. The van der Waals surface area contributed by atoms with Crippen LogP contribution in [0, 0.1) is 11.6 Å². The van der Waals surface area contributed by atoms with Crippen molar-refractivity contribution in [1.82, 2.24) is 14.5 Å². The van der Waals surface area contributed by atoms with Crippen LogP contribution in [-0.2, 0) is 12.7 Å². The number of hydrogen-bond donors (Lipinski definition) is 0. The van der Waals surface area contributed by atoms with Gasteiger partial charge in [0.25, 0.3) is 0 Å². The van der Waals surface area contributed by atoms with Gasteiger partial charge in [0.2, 0.25) is 0 Å². The van der Waals surface area contributed by atoms with Crippen LogP contribution in [0.15, 0.2) is 49.1 Å². The van der Waals surface area contributed by atoms with E-state index in [4.69, 9.17) is 0 Å². The molecule has 0 aliphatic carbocycles. The lowest BCUT2D eigenvalue weighted by atomic mass is 10.1. The maximum Gasteiger partial charge on any atom is 0.419 e. The first-order valence-electron chi connectivity index (χ1n) is 6.82. The minimum atomic E-state index is -4.75. The molecular formula is C16H10F5N3. The van der Waals surface area contributed by atoms with E-state index >= 15 is 0 Å². The van der Waals surface area contributed by atoms with Crippen LogP contribution in [0.3, 0.4) is 0 Å². The molecule has 0 spiro atoms. The molecule has 0 N–H and O–H groups in total. The van der Waals surface area contributed by atoms with E-state index in [9.17, 15) is 22.0 Å². The Morgan fingerprint density at radius 3 is 2.42 bits per heavy atom. The van der Waals surface area contributed by atoms with Gasteiger partial charge in [-0.25, -0.2) is 18.7 Å². The van der Waals surface area contributed by atoms with E-state index < -0.39 is 23.4 Å². The Balaban J connectivity index is 1.90. The van der Waals surface area contributed by atoms with Gasteiger partial charge in [0.1, 0.15) is 18.0 Å². The Bertz CT molecular complexity index is 870. The summed E-state index contributed by atoms with van der Waals surface area (Å²) in [6.07, 6.45) is -0.730. The smallest absolute Gasteiger partial charge is 0.345 e. The van der Waals surface area contributed by atoms with Crippen molar-refractivity contribution in [3.63, 3.8) is 0 Å². The number of halogens is 5. The van der Waals surface area contributed by atoms with Gasteiger partial charge >= 0.3 is 6.18 Å². The molecule has 1 aromatic carbocycles. The molecule has 24 heavy (non-hydrogen) atoms. The Kier molecular flexibility index (Phi) is 4.04. The van der Waals surface area contributed by atoms with Gasteiger partial charge in [0.15, 0.2) is 0 Å². The first-order chi connectivity index (χ1) is 11.3. The molecule has 124 valence electrons. The third-order valence-electron chi connectivity index (χ3n) is 3.35. The number of benzene rings is 1. The molecule has 0 bridgehead atoms. The second-order valence-corrected chi connectivity index (χ2v) is 5.09. The lowest BCUT2D eigenvalue weighted by molar-refractivity contribution is -0.139. The fourth-order valence-electron chi connectivity index (χ4n) is 2.24. The number of rotatable bonds is 3. The van der Waals surface area contributed by atoms with E-state index in [0.29, 0.717) is 11.8 Å². The Labute approximate surface area is 133 Å². The summed E-state index contributed by atoms with van der Waals surface area (Å²) in [5.41, 5.74) is -0.345. The van der Waals surface area contributed by atoms with Crippen LogP contribution in [0.1, 0.15) is 11.3 Å². The molecule has 0 saturated carbocycles. The van der Waals surface area contributed by atoms with Gasteiger partial charge in [-0.3, -0.25) is 0 Å². The zero-order valence-electron chi connectivity index (χ0n) is 12.1. The van der Waals surface area contributed by atoms with Gasteiger partial charge in [-0.1, -0.05) is 6.07 Å². The van der Waals surface area contributed by atoms with Crippen molar-refractivity contribution in [2.45, 2.75) is 12.7 Å². The van der Waals surface area contributed by atoms with Crippen LogP contribution in [0.5, 0.6) is 0 Å². The summed E-state index contributed by atoms with van der Waals surface area (Å²) >= 11 is 0. The molecule has 2 heterocycles. The summed E-state index contributed by atoms with van der Waals surface area (Å²) in [6, 6.07) is 5.40. The van der Waals surface area contributed by atoms with Crippen LogP contribution in [0.25, 0.3) is 11.3 Å². The monoisotopic (exact) mass is 339 g/mol. The van der Waals surface area contributed by atoms with Crippen molar-refractivity contribution in [1.29, 1.82) is 0 Å². The van der Waals surface area contributed by atoms with Gasteiger partial charge in [-0.2, -0.15) is 13.2 Å². The minimum absolute atomic E-state index is 0.197. The quantitative estimate of drug-likeness (QED) is 0.667. The molecule has 0 unspecified atom stereocenters. The average molecular weight is 339 g/mol. The Morgan fingerprint density at radius 2 is 1.79 bits per heavy atom. The predicted octanol–water partition coefficient (Wildman–Crippen LogP) is 4.29. The van der Waals surface area contributed by atoms with E-state index in [1.807, 2.05) is 0 Å². The summed E-state index contributed by atoms with van der Waals surface area (Å²) in [6.45, 7) is 0.253. The second-order valence-electron chi connectivity index (χ2n) is 5.09. The number of alkyl halides is 3. The predicted molar refractivity (Wildman–Crippen MR) is 75.9 cm³/mol. The van der Waals surface area contributed by atoms with E-state index in [2.05, 4.69) is 9.97 Å². The molecule has 0 aliphatic heterocycles. The topological polar surface area (TPSA) is 30.7 Å². The van der Waals surface area contributed by atoms with Crippen molar-refractivity contribution in [2.24, 2.45) is 0 Å². The molecule has 3 nitrogen and oxygen atoms in total. The largest absolute Gasteiger partial charge is 0.419 e. The molecule has 3 rings (SSSR count). The molecule has 8 heteroatoms. The Hall–Kier alpha value is -2.77. The molecule has 0 radical (unpaired) electrons. The molecule has 0 atom stereocenters. The average Bonchev–Trinajstić information content (AvgIpc) is 2.91. The first-order valence-corrected chi connectivity index (χ1v) is 6.82. The van der Waals surface area contributed by atoms with Crippen molar-refractivity contribution in [3.8, 4) is 11.3 Å². The number of hydrogen-bond acceptors (Lipinski definition) is 2.